The van der Waals surface area contributed by atoms with Gasteiger partial charge in [-0.1, -0.05) is 44.2 Å². The Kier molecular flexibility index (Phi) is 4.19. The van der Waals surface area contributed by atoms with Crippen LogP contribution in [-0.4, -0.2) is 10.9 Å². The molecule has 0 radical (unpaired) electrons. The fourth-order valence-electron chi connectivity index (χ4n) is 1.45. The SMILES string of the molecule is CC(C)C(O)(CSC#N)c1ccccc1. The van der Waals surface area contributed by atoms with E-state index in [4.69, 9.17) is 5.26 Å². The van der Waals surface area contributed by atoms with Gasteiger partial charge in [0.1, 0.15) is 11.0 Å². The molecule has 80 valence electrons. The van der Waals surface area contributed by atoms with Gasteiger partial charge in [0.2, 0.25) is 0 Å². The highest BCUT2D eigenvalue weighted by Crippen LogP contribution is 2.32. The van der Waals surface area contributed by atoms with Crippen molar-refractivity contribution in [3.8, 4) is 5.40 Å². The van der Waals surface area contributed by atoms with Gasteiger partial charge < -0.3 is 5.11 Å². The smallest absolute Gasteiger partial charge is 0.133 e. The maximum Gasteiger partial charge on any atom is 0.133 e. The Labute approximate surface area is 94.9 Å². The van der Waals surface area contributed by atoms with Gasteiger partial charge in [-0.3, -0.25) is 0 Å². The highest BCUT2D eigenvalue weighted by Gasteiger charge is 2.32. The molecule has 0 saturated heterocycles. The second-order valence-corrected chi connectivity index (χ2v) is 4.58. The minimum Gasteiger partial charge on any atom is -0.384 e. The third-order valence-corrected chi connectivity index (χ3v) is 3.30. The molecule has 15 heavy (non-hydrogen) atoms. The van der Waals surface area contributed by atoms with E-state index >= 15 is 0 Å². The summed E-state index contributed by atoms with van der Waals surface area (Å²) in [4.78, 5) is 0. The summed E-state index contributed by atoms with van der Waals surface area (Å²) in [6, 6.07) is 9.52. The number of benzene rings is 1. The van der Waals surface area contributed by atoms with Gasteiger partial charge in [-0.05, 0) is 23.2 Å². The highest BCUT2D eigenvalue weighted by molar-refractivity contribution is 8.03. The molecule has 0 fully saturated rings. The van der Waals surface area contributed by atoms with Crippen LogP contribution in [0.15, 0.2) is 30.3 Å². The fraction of sp³-hybridized carbons (Fsp3) is 0.417. The maximum absolute atomic E-state index is 10.5. The number of nitrogens with zero attached hydrogens (tertiary/aromatic N) is 1. The van der Waals surface area contributed by atoms with E-state index in [0.29, 0.717) is 5.75 Å². The summed E-state index contributed by atoms with van der Waals surface area (Å²) in [5.41, 5.74) is -0.0375. The number of nitriles is 1. The number of thioether (sulfide) groups is 1. The van der Waals surface area contributed by atoms with Gasteiger partial charge in [-0.15, -0.1) is 0 Å². The average molecular weight is 221 g/mol. The molecule has 1 unspecified atom stereocenters. The van der Waals surface area contributed by atoms with Gasteiger partial charge in [0.25, 0.3) is 0 Å². The molecule has 0 saturated carbocycles. The molecule has 1 N–H and O–H groups in total. The Morgan fingerprint density at radius 1 is 1.40 bits per heavy atom. The topological polar surface area (TPSA) is 44.0 Å². The van der Waals surface area contributed by atoms with Crippen molar-refractivity contribution in [2.45, 2.75) is 19.4 Å². The first-order valence-corrected chi connectivity index (χ1v) is 5.88. The van der Waals surface area contributed by atoms with E-state index in [1.165, 1.54) is 0 Å². The molecule has 0 amide bonds. The molecule has 0 heterocycles. The molecule has 0 aliphatic carbocycles. The summed E-state index contributed by atoms with van der Waals surface area (Å²) in [5, 5.41) is 21.1. The molecular weight excluding hydrogens is 206 g/mol. The predicted octanol–water partition coefficient (Wildman–Crippen LogP) is 2.74. The lowest BCUT2D eigenvalue weighted by molar-refractivity contribution is 0.0143. The van der Waals surface area contributed by atoms with E-state index in [9.17, 15) is 5.11 Å². The van der Waals surface area contributed by atoms with Gasteiger partial charge >= 0.3 is 0 Å². The van der Waals surface area contributed by atoms with Crippen LogP contribution in [0.4, 0.5) is 0 Å². The molecule has 1 aromatic rings. The van der Waals surface area contributed by atoms with Crippen LogP contribution in [0.5, 0.6) is 0 Å². The second kappa shape index (κ2) is 5.20. The van der Waals surface area contributed by atoms with Gasteiger partial charge in [0.15, 0.2) is 0 Å². The molecule has 0 aliphatic rings. The summed E-state index contributed by atoms with van der Waals surface area (Å²) in [6.07, 6.45) is 0. The number of rotatable bonds is 4. The zero-order valence-electron chi connectivity index (χ0n) is 8.97. The summed E-state index contributed by atoms with van der Waals surface area (Å²) in [6.45, 7) is 3.93. The zero-order valence-corrected chi connectivity index (χ0v) is 9.79. The van der Waals surface area contributed by atoms with Crippen LogP contribution in [0, 0.1) is 16.6 Å². The van der Waals surface area contributed by atoms with Crippen LogP contribution in [0.3, 0.4) is 0 Å². The number of hydrogen-bond acceptors (Lipinski definition) is 3. The monoisotopic (exact) mass is 221 g/mol. The van der Waals surface area contributed by atoms with Crippen LogP contribution in [0.1, 0.15) is 19.4 Å². The summed E-state index contributed by atoms with van der Waals surface area (Å²) in [5.74, 6) is 0.492. The lowest BCUT2D eigenvalue weighted by atomic mass is 9.85. The van der Waals surface area contributed by atoms with Crippen LogP contribution < -0.4 is 0 Å². The third kappa shape index (κ3) is 2.74. The molecule has 3 heteroatoms. The van der Waals surface area contributed by atoms with E-state index in [2.05, 4.69) is 0 Å². The molecular formula is C12H15NOS. The fourth-order valence-corrected chi connectivity index (χ4v) is 2.24. The third-order valence-electron chi connectivity index (χ3n) is 2.59. The molecule has 0 aliphatic heterocycles. The van der Waals surface area contributed by atoms with Gasteiger partial charge in [-0.25, -0.2) is 0 Å². The minimum absolute atomic E-state index is 0.0840. The Morgan fingerprint density at radius 2 is 2.00 bits per heavy atom. The largest absolute Gasteiger partial charge is 0.384 e. The summed E-state index contributed by atoms with van der Waals surface area (Å²) in [7, 11) is 0. The maximum atomic E-state index is 10.5. The molecule has 0 spiro atoms. The van der Waals surface area contributed by atoms with E-state index < -0.39 is 5.60 Å². The first-order valence-electron chi connectivity index (χ1n) is 4.90. The van der Waals surface area contributed by atoms with Crippen LogP contribution in [0.25, 0.3) is 0 Å². The molecule has 1 atom stereocenters. The van der Waals surface area contributed by atoms with Crippen molar-refractivity contribution in [2.24, 2.45) is 5.92 Å². The van der Waals surface area contributed by atoms with E-state index in [1.807, 2.05) is 49.6 Å². The number of hydrogen-bond donors (Lipinski definition) is 1. The number of thiocyanates is 1. The van der Waals surface area contributed by atoms with Crippen molar-refractivity contribution < 1.29 is 5.11 Å². The quantitative estimate of drug-likeness (QED) is 0.795. The van der Waals surface area contributed by atoms with Gasteiger partial charge in [0.05, 0.1) is 0 Å². The van der Waals surface area contributed by atoms with E-state index in [0.717, 1.165) is 17.3 Å². The Hall–Kier alpha value is -0.980. The molecule has 2 nitrogen and oxygen atoms in total. The van der Waals surface area contributed by atoms with Gasteiger partial charge in [-0.2, -0.15) is 5.26 Å². The normalized spacial score (nSPS) is 14.6. The van der Waals surface area contributed by atoms with Crippen molar-refractivity contribution in [1.82, 2.24) is 0 Å². The van der Waals surface area contributed by atoms with Crippen molar-refractivity contribution in [2.75, 3.05) is 5.75 Å². The highest BCUT2D eigenvalue weighted by atomic mass is 32.2. The molecule has 0 bridgehead atoms. The van der Waals surface area contributed by atoms with Gasteiger partial charge in [0, 0.05) is 5.75 Å². The van der Waals surface area contributed by atoms with Crippen molar-refractivity contribution in [1.29, 1.82) is 5.26 Å². The van der Waals surface area contributed by atoms with Crippen molar-refractivity contribution in [3.05, 3.63) is 35.9 Å². The molecule has 1 aromatic carbocycles. The summed E-state index contributed by atoms with van der Waals surface area (Å²) < 4.78 is 0. The van der Waals surface area contributed by atoms with E-state index in [1.54, 1.807) is 0 Å². The van der Waals surface area contributed by atoms with Crippen molar-refractivity contribution in [3.63, 3.8) is 0 Å². The molecule has 1 rings (SSSR count). The minimum atomic E-state index is -0.915. The lowest BCUT2D eigenvalue weighted by Gasteiger charge is -2.31. The summed E-state index contributed by atoms with van der Waals surface area (Å²) >= 11 is 1.09. The van der Waals surface area contributed by atoms with E-state index in [-0.39, 0.29) is 5.92 Å². The number of aliphatic hydroxyl groups is 1. The first kappa shape index (κ1) is 12.1. The van der Waals surface area contributed by atoms with Crippen molar-refractivity contribution >= 4 is 11.8 Å². The first-order chi connectivity index (χ1) is 7.11. The van der Waals surface area contributed by atoms with Crippen LogP contribution >= 0.6 is 11.8 Å². The second-order valence-electron chi connectivity index (χ2n) is 3.82. The lowest BCUT2D eigenvalue weighted by Crippen LogP contribution is -2.34. The molecule has 0 aromatic heterocycles. The predicted molar refractivity (Wildman–Crippen MR) is 63.2 cm³/mol. The Bertz CT molecular complexity index is 344. The Morgan fingerprint density at radius 3 is 2.47 bits per heavy atom. The standard InChI is InChI=1S/C12H15NOS/c1-10(2)12(14,8-15-9-13)11-6-4-3-5-7-11/h3-7,10,14H,8H2,1-2H3. The van der Waals surface area contributed by atoms with Crippen LogP contribution in [-0.2, 0) is 5.60 Å². The average Bonchev–Trinajstić information content (AvgIpc) is 2.27. The zero-order chi connectivity index (χ0) is 11.3. The van der Waals surface area contributed by atoms with Crippen LogP contribution in [0.2, 0.25) is 0 Å². The Balaban J connectivity index is 2.97.